The van der Waals surface area contributed by atoms with Gasteiger partial charge in [0, 0.05) is 32.1 Å². The van der Waals surface area contributed by atoms with E-state index in [1.54, 1.807) is 4.90 Å². The quantitative estimate of drug-likeness (QED) is 0.461. The van der Waals surface area contributed by atoms with Gasteiger partial charge in [0.15, 0.2) is 0 Å². The number of nitrogens with zero attached hydrogens (tertiary/aromatic N) is 3. The maximum absolute atomic E-state index is 13.0. The molecule has 3 amide bonds. The molecule has 0 atom stereocenters. The number of carbonyl (C=O) groups is 3. The molecule has 182 valence electrons. The lowest BCUT2D eigenvalue weighted by Crippen LogP contribution is -2.52. The van der Waals surface area contributed by atoms with Crippen molar-refractivity contribution in [3.63, 3.8) is 0 Å². The maximum atomic E-state index is 13.0. The van der Waals surface area contributed by atoms with E-state index in [1.165, 1.54) is 5.06 Å². The van der Waals surface area contributed by atoms with Gasteiger partial charge >= 0.3 is 6.09 Å². The van der Waals surface area contributed by atoms with Crippen LogP contribution in [0.5, 0.6) is 0 Å². The molecule has 1 aromatic rings. The number of carbonyl (C=O) groups excluding carboxylic acids is 3. The summed E-state index contributed by atoms with van der Waals surface area (Å²) in [5.41, 5.74) is 0.543. The Morgan fingerprint density at radius 3 is 2.18 bits per heavy atom. The Morgan fingerprint density at radius 2 is 1.61 bits per heavy atom. The molecule has 0 N–H and O–H groups in total. The molecule has 1 aromatic carbocycles. The molecule has 1 saturated carbocycles. The third-order valence-electron chi connectivity index (χ3n) is 6.20. The first-order valence-electron chi connectivity index (χ1n) is 11.9. The first-order valence-corrected chi connectivity index (χ1v) is 11.9. The van der Waals surface area contributed by atoms with Crippen molar-refractivity contribution < 1.29 is 24.0 Å². The van der Waals surface area contributed by atoms with Crippen molar-refractivity contribution >= 4 is 18.4 Å². The van der Waals surface area contributed by atoms with Gasteiger partial charge in [0.2, 0.25) is 12.3 Å². The number of piperazine rings is 1. The Kier molecular flexibility index (Phi) is 8.72. The van der Waals surface area contributed by atoms with Crippen LogP contribution < -0.4 is 0 Å². The zero-order valence-corrected chi connectivity index (χ0v) is 20.1. The van der Waals surface area contributed by atoms with Crippen LogP contribution >= 0.6 is 0 Å². The molecule has 0 aromatic heterocycles. The van der Waals surface area contributed by atoms with Gasteiger partial charge in [-0.3, -0.25) is 14.4 Å². The Hall–Kier alpha value is -2.61. The SMILES string of the molecule is CC(C)(C)ON(C=O)CC1CCC(C(=O)N2CCN(C(=O)OCc3ccccc3)CC2)CC1. The molecule has 0 bridgehead atoms. The van der Waals surface area contributed by atoms with Crippen LogP contribution in [0.15, 0.2) is 30.3 Å². The predicted octanol–water partition coefficient (Wildman–Crippen LogP) is 3.46. The van der Waals surface area contributed by atoms with Gasteiger partial charge in [0.25, 0.3) is 0 Å². The molecule has 2 aliphatic rings. The molecule has 33 heavy (non-hydrogen) atoms. The van der Waals surface area contributed by atoms with Crippen LogP contribution in [-0.4, -0.2) is 71.6 Å². The summed E-state index contributed by atoms with van der Waals surface area (Å²) in [5.74, 6) is 0.549. The number of hydrogen-bond donors (Lipinski definition) is 0. The van der Waals surface area contributed by atoms with E-state index < -0.39 is 5.60 Å². The van der Waals surface area contributed by atoms with Crippen LogP contribution in [0.3, 0.4) is 0 Å². The third-order valence-corrected chi connectivity index (χ3v) is 6.20. The lowest BCUT2D eigenvalue weighted by Gasteiger charge is -2.38. The largest absolute Gasteiger partial charge is 0.445 e. The smallest absolute Gasteiger partial charge is 0.410 e. The Balaban J connectivity index is 1.38. The number of benzene rings is 1. The van der Waals surface area contributed by atoms with Crippen molar-refractivity contribution in [3.8, 4) is 0 Å². The van der Waals surface area contributed by atoms with Gasteiger partial charge in [-0.2, -0.15) is 0 Å². The molecule has 1 aliphatic heterocycles. The molecular weight excluding hydrogens is 422 g/mol. The number of amides is 3. The highest BCUT2D eigenvalue weighted by Gasteiger charge is 2.33. The number of rotatable bonds is 7. The molecular formula is C25H37N3O5. The normalized spacial score (nSPS) is 21.4. The van der Waals surface area contributed by atoms with E-state index in [2.05, 4.69) is 0 Å². The van der Waals surface area contributed by atoms with E-state index in [-0.39, 0.29) is 24.5 Å². The van der Waals surface area contributed by atoms with Gasteiger partial charge in [-0.05, 0) is 57.9 Å². The summed E-state index contributed by atoms with van der Waals surface area (Å²) in [6, 6.07) is 9.60. The Labute approximate surface area is 196 Å². The molecule has 1 heterocycles. The highest BCUT2D eigenvalue weighted by Crippen LogP contribution is 2.31. The highest BCUT2D eigenvalue weighted by molar-refractivity contribution is 5.79. The lowest BCUT2D eigenvalue weighted by molar-refractivity contribution is -0.220. The number of hydroxylamine groups is 2. The van der Waals surface area contributed by atoms with Crippen molar-refractivity contribution in [2.75, 3.05) is 32.7 Å². The fraction of sp³-hybridized carbons (Fsp3) is 0.640. The topological polar surface area (TPSA) is 79.4 Å². The zero-order chi connectivity index (χ0) is 23.8. The fourth-order valence-corrected chi connectivity index (χ4v) is 4.48. The summed E-state index contributed by atoms with van der Waals surface area (Å²) >= 11 is 0. The first-order chi connectivity index (χ1) is 15.7. The second-order valence-corrected chi connectivity index (χ2v) is 9.98. The van der Waals surface area contributed by atoms with E-state index in [1.807, 2.05) is 56.0 Å². The van der Waals surface area contributed by atoms with Crippen LogP contribution in [0.2, 0.25) is 0 Å². The van der Waals surface area contributed by atoms with Gasteiger partial charge in [0.1, 0.15) is 6.61 Å². The van der Waals surface area contributed by atoms with Gasteiger partial charge in [-0.15, -0.1) is 0 Å². The summed E-state index contributed by atoms with van der Waals surface area (Å²) in [4.78, 5) is 45.9. The van der Waals surface area contributed by atoms with E-state index >= 15 is 0 Å². The summed E-state index contributed by atoms with van der Waals surface area (Å²) in [6.07, 6.45) is 3.87. The minimum absolute atomic E-state index is 0.0195. The number of hydrogen-bond acceptors (Lipinski definition) is 5. The molecule has 8 heteroatoms. The van der Waals surface area contributed by atoms with Crippen LogP contribution in [0.25, 0.3) is 0 Å². The van der Waals surface area contributed by atoms with Crippen LogP contribution in [0.1, 0.15) is 52.0 Å². The second kappa shape index (κ2) is 11.5. The lowest BCUT2D eigenvalue weighted by atomic mass is 9.81. The number of ether oxygens (including phenoxy) is 1. The van der Waals surface area contributed by atoms with Gasteiger partial charge in [-0.25, -0.2) is 9.86 Å². The minimum Gasteiger partial charge on any atom is -0.445 e. The second-order valence-electron chi connectivity index (χ2n) is 9.98. The van der Waals surface area contributed by atoms with E-state index in [0.717, 1.165) is 37.7 Å². The molecule has 0 unspecified atom stereocenters. The summed E-state index contributed by atoms with van der Waals surface area (Å²) in [6.45, 7) is 8.64. The average Bonchev–Trinajstić information content (AvgIpc) is 2.82. The molecule has 1 aliphatic carbocycles. The monoisotopic (exact) mass is 459 g/mol. The zero-order valence-electron chi connectivity index (χ0n) is 20.1. The van der Waals surface area contributed by atoms with Crippen LogP contribution in [-0.2, 0) is 25.8 Å². The minimum atomic E-state index is -0.413. The van der Waals surface area contributed by atoms with Crippen molar-refractivity contribution in [2.45, 2.75) is 58.7 Å². The molecule has 8 nitrogen and oxygen atoms in total. The molecule has 2 fully saturated rings. The van der Waals surface area contributed by atoms with Crippen molar-refractivity contribution in [1.29, 1.82) is 0 Å². The van der Waals surface area contributed by atoms with Crippen LogP contribution in [0, 0.1) is 11.8 Å². The van der Waals surface area contributed by atoms with E-state index in [4.69, 9.17) is 9.57 Å². The van der Waals surface area contributed by atoms with E-state index in [9.17, 15) is 14.4 Å². The van der Waals surface area contributed by atoms with E-state index in [0.29, 0.717) is 38.6 Å². The molecule has 0 radical (unpaired) electrons. The summed E-state index contributed by atoms with van der Waals surface area (Å²) < 4.78 is 5.41. The van der Waals surface area contributed by atoms with Gasteiger partial charge in [0.05, 0.1) is 12.1 Å². The maximum Gasteiger partial charge on any atom is 0.410 e. The standard InChI is InChI=1S/C25H37N3O5/c1-25(2,3)33-28(19-29)17-20-9-11-22(12-10-20)23(30)26-13-15-27(16-14-26)24(31)32-18-21-7-5-4-6-8-21/h4-8,19-20,22H,9-18H2,1-3H3. The van der Waals surface area contributed by atoms with Gasteiger partial charge in [-0.1, -0.05) is 30.3 Å². The summed E-state index contributed by atoms with van der Waals surface area (Å²) in [5, 5.41) is 1.39. The molecule has 0 spiro atoms. The predicted molar refractivity (Wildman–Crippen MR) is 124 cm³/mol. The van der Waals surface area contributed by atoms with Gasteiger partial charge < -0.3 is 14.5 Å². The van der Waals surface area contributed by atoms with Crippen molar-refractivity contribution in [1.82, 2.24) is 14.9 Å². The van der Waals surface area contributed by atoms with Crippen LogP contribution in [0.4, 0.5) is 4.79 Å². The Bertz CT molecular complexity index is 779. The van der Waals surface area contributed by atoms with Crippen molar-refractivity contribution in [2.24, 2.45) is 11.8 Å². The molecule has 1 saturated heterocycles. The first kappa shape index (κ1) is 25.0. The third kappa shape index (κ3) is 7.74. The highest BCUT2D eigenvalue weighted by atomic mass is 16.7. The summed E-state index contributed by atoms with van der Waals surface area (Å²) in [7, 11) is 0. The van der Waals surface area contributed by atoms with Crippen molar-refractivity contribution in [3.05, 3.63) is 35.9 Å². The fourth-order valence-electron chi connectivity index (χ4n) is 4.48. The molecule has 3 rings (SSSR count). The Morgan fingerprint density at radius 1 is 1.00 bits per heavy atom. The average molecular weight is 460 g/mol.